The summed E-state index contributed by atoms with van der Waals surface area (Å²) < 4.78 is 16.9. The minimum atomic E-state index is -0.948. The van der Waals surface area contributed by atoms with Gasteiger partial charge in [-0.25, -0.2) is 0 Å². The second-order valence-corrected chi connectivity index (χ2v) is 9.94. The number of benzene rings is 2. The third kappa shape index (κ3) is 4.06. The van der Waals surface area contributed by atoms with E-state index in [2.05, 4.69) is 10.1 Å². The zero-order chi connectivity index (χ0) is 26.6. The summed E-state index contributed by atoms with van der Waals surface area (Å²) in [5, 5.41) is 5.30. The van der Waals surface area contributed by atoms with Crippen molar-refractivity contribution in [3.8, 4) is 11.1 Å². The van der Waals surface area contributed by atoms with Gasteiger partial charge in [-0.05, 0) is 48.6 Å². The van der Waals surface area contributed by atoms with Crippen molar-refractivity contribution in [2.75, 3.05) is 5.12 Å². The summed E-state index contributed by atoms with van der Waals surface area (Å²) in [4.78, 5) is 44.1. The molecule has 2 aromatic heterocycles. The van der Waals surface area contributed by atoms with E-state index in [9.17, 15) is 14.4 Å². The van der Waals surface area contributed by atoms with Crippen LogP contribution in [0.2, 0.25) is 5.02 Å². The fourth-order valence-electron chi connectivity index (χ4n) is 5.32. The average Bonchev–Trinajstić information content (AvgIpc) is 3.43. The summed E-state index contributed by atoms with van der Waals surface area (Å²) in [6.45, 7) is -0.239. The van der Waals surface area contributed by atoms with Gasteiger partial charge in [-0.2, -0.15) is 5.10 Å². The number of nitrogens with zero attached hydrogens (tertiary/aromatic N) is 5. The van der Waals surface area contributed by atoms with Crippen molar-refractivity contribution in [3.63, 3.8) is 0 Å². The molecule has 2 fully saturated rings. The number of pyridine rings is 1. The van der Waals surface area contributed by atoms with E-state index in [-0.39, 0.29) is 35.0 Å². The number of aromatic nitrogens is 3. The van der Waals surface area contributed by atoms with Crippen molar-refractivity contribution < 1.29 is 18.9 Å². The molecule has 1 aliphatic carbocycles. The highest BCUT2D eigenvalue weighted by molar-refractivity contribution is 6.33. The topological polar surface area (TPSA) is 114 Å². The predicted octanol–water partition coefficient (Wildman–Crippen LogP) is 3.76. The summed E-state index contributed by atoms with van der Waals surface area (Å²) in [5.74, 6) is -1.79. The highest BCUT2D eigenvalue weighted by atomic mass is 35.5. The fraction of sp³-hybridized carbons (Fsp3) is 0.222. The van der Waals surface area contributed by atoms with Crippen LogP contribution in [0.1, 0.15) is 23.3 Å². The molecule has 6 rings (SSSR count). The van der Waals surface area contributed by atoms with Crippen LogP contribution in [0.5, 0.6) is 0 Å². The first-order valence-corrected chi connectivity index (χ1v) is 12.5. The molecule has 0 unspecified atom stereocenters. The Bertz CT molecular complexity index is 1610. The van der Waals surface area contributed by atoms with E-state index in [1.165, 1.54) is 28.0 Å². The van der Waals surface area contributed by atoms with Crippen LogP contribution in [0.25, 0.3) is 22.0 Å². The molecule has 0 spiro atoms. The van der Waals surface area contributed by atoms with Gasteiger partial charge in [0.15, 0.2) is 5.69 Å². The first-order valence-electron chi connectivity index (χ1n) is 12.1. The number of primary amides is 1. The molecule has 3 heterocycles. The Labute approximate surface area is 221 Å². The Morgan fingerprint density at radius 1 is 1.11 bits per heavy atom. The number of amides is 3. The SMILES string of the molecule is NC(=O)c1nn(CC(=O)N2[C@@H]3C[C@@H]3C[C@H]2C(=O)N(F)c2cccc(-c3ccccc3Cl)c2)c2cnccc12. The number of piperidine rings is 1. The summed E-state index contributed by atoms with van der Waals surface area (Å²) in [6.07, 6.45) is 4.14. The van der Waals surface area contributed by atoms with E-state index in [4.69, 9.17) is 17.3 Å². The van der Waals surface area contributed by atoms with Crippen molar-refractivity contribution >= 4 is 45.9 Å². The van der Waals surface area contributed by atoms with E-state index in [0.29, 0.717) is 33.5 Å². The van der Waals surface area contributed by atoms with Gasteiger partial charge in [0.2, 0.25) is 5.91 Å². The normalized spacial score (nSPS) is 19.8. The van der Waals surface area contributed by atoms with Crippen LogP contribution in [0.15, 0.2) is 67.0 Å². The van der Waals surface area contributed by atoms with Gasteiger partial charge in [0.1, 0.15) is 12.6 Å². The third-order valence-corrected chi connectivity index (χ3v) is 7.53. The van der Waals surface area contributed by atoms with Crippen molar-refractivity contribution in [1.29, 1.82) is 0 Å². The number of nitrogens with two attached hydrogens (primary N) is 1. The number of hydrogen-bond acceptors (Lipinski definition) is 5. The molecule has 3 atom stereocenters. The van der Waals surface area contributed by atoms with Gasteiger partial charge >= 0.3 is 0 Å². The Morgan fingerprint density at radius 3 is 2.71 bits per heavy atom. The number of likely N-dealkylation sites (tertiary alicyclic amines) is 1. The molecule has 2 aliphatic rings. The Morgan fingerprint density at radius 2 is 1.92 bits per heavy atom. The van der Waals surface area contributed by atoms with Gasteiger partial charge in [-0.1, -0.05) is 46.4 Å². The fourth-order valence-corrected chi connectivity index (χ4v) is 5.56. The van der Waals surface area contributed by atoms with Gasteiger partial charge in [-0.3, -0.25) is 24.0 Å². The summed E-state index contributed by atoms with van der Waals surface area (Å²) in [6, 6.07) is 14.2. The number of carbonyl (C=O) groups is 3. The summed E-state index contributed by atoms with van der Waals surface area (Å²) in [7, 11) is 0. The van der Waals surface area contributed by atoms with Crippen LogP contribution in [0.4, 0.5) is 10.2 Å². The first kappa shape index (κ1) is 24.1. The minimum absolute atomic E-state index is 0.0295. The number of fused-ring (bicyclic) bond motifs is 2. The largest absolute Gasteiger partial charge is 0.364 e. The van der Waals surface area contributed by atoms with Crippen LogP contribution in [0.3, 0.4) is 0 Å². The third-order valence-electron chi connectivity index (χ3n) is 7.20. The van der Waals surface area contributed by atoms with Gasteiger partial charge in [-0.15, -0.1) is 5.12 Å². The highest BCUT2D eigenvalue weighted by Gasteiger charge is 2.57. The molecule has 1 saturated heterocycles. The maximum atomic E-state index is 15.5. The first-order chi connectivity index (χ1) is 18.3. The number of hydrogen-bond donors (Lipinski definition) is 1. The van der Waals surface area contributed by atoms with Crippen LogP contribution in [0, 0.1) is 5.92 Å². The number of rotatable bonds is 6. The average molecular weight is 533 g/mol. The Kier molecular flexibility index (Phi) is 5.83. The molecule has 9 nitrogen and oxygen atoms in total. The van der Waals surface area contributed by atoms with Gasteiger partial charge < -0.3 is 10.6 Å². The number of carbonyl (C=O) groups excluding carboxylic acids is 3. The minimum Gasteiger partial charge on any atom is -0.364 e. The lowest BCUT2D eigenvalue weighted by Crippen LogP contribution is -2.48. The molecule has 38 heavy (non-hydrogen) atoms. The molecular weight excluding hydrogens is 511 g/mol. The molecule has 1 aliphatic heterocycles. The second kappa shape index (κ2) is 9.21. The lowest BCUT2D eigenvalue weighted by molar-refractivity contribution is -0.140. The predicted molar refractivity (Wildman–Crippen MR) is 139 cm³/mol. The van der Waals surface area contributed by atoms with Crippen LogP contribution in [-0.4, -0.2) is 49.5 Å². The molecule has 2 aromatic carbocycles. The maximum absolute atomic E-state index is 15.5. The molecule has 0 radical (unpaired) electrons. The summed E-state index contributed by atoms with van der Waals surface area (Å²) in [5.41, 5.74) is 7.37. The number of anilines is 1. The molecule has 11 heteroatoms. The van der Waals surface area contributed by atoms with E-state index >= 15 is 4.48 Å². The number of halogens is 2. The zero-order valence-corrected chi connectivity index (χ0v) is 20.8. The van der Waals surface area contributed by atoms with E-state index in [0.717, 1.165) is 6.42 Å². The van der Waals surface area contributed by atoms with Crippen molar-refractivity contribution in [2.45, 2.75) is 31.5 Å². The van der Waals surface area contributed by atoms with E-state index < -0.39 is 23.8 Å². The summed E-state index contributed by atoms with van der Waals surface area (Å²) >= 11 is 6.30. The monoisotopic (exact) mass is 532 g/mol. The van der Waals surface area contributed by atoms with Crippen LogP contribution >= 0.6 is 11.6 Å². The van der Waals surface area contributed by atoms with Crippen molar-refractivity contribution in [2.24, 2.45) is 11.7 Å². The lowest BCUT2D eigenvalue weighted by atomic mass is 10.0. The van der Waals surface area contributed by atoms with Crippen molar-refractivity contribution in [3.05, 3.63) is 77.7 Å². The van der Waals surface area contributed by atoms with Gasteiger partial charge in [0, 0.05) is 28.2 Å². The maximum Gasteiger partial charge on any atom is 0.277 e. The molecule has 1 saturated carbocycles. The molecule has 2 N–H and O–H groups in total. The zero-order valence-electron chi connectivity index (χ0n) is 20.0. The second-order valence-electron chi connectivity index (χ2n) is 9.53. The molecule has 3 amide bonds. The van der Waals surface area contributed by atoms with Crippen LogP contribution < -0.4 is 10.9 Å². The van der Waals surface area contributed by atoms with Gasteiger partial charge in [0.05, 0.1) is 17.4 Å². The Hall–Kier alpha value is -4.31. The molecule has 192 valence electrons. The standard InChI is InChI=1S/C27H22ClFN6O3/c28-20-7-2-1-6-18(20)15-4-3-5-17(10-15)35(29)27(38)22-12-16-11-21(16)34(22)24(36)14-33-23-13-31-9-8-19(23)25(32-33)26(30)37/h1-10,13,16,21-22H,11-12,14H2,(H2,30,37)/t16-,21-,22+/m1/s1. The van der Waals surface area contributed by atoms with Crippen LogP contribution in [-0.2, 0) is 16.1 Å². The quantitative estimate of drug-likeness (QED) is 0.380. The highest BCUT2D eigenvalue weighted by Crippen LogP contribution is 2.48. The lowest BCUT2D eigenvalue weighted by Gasteiger charge is -2.28. The van der Waals surface area contributed by atoms with Gasteiger partial charge in [0.25, 0.3) is 11.8 Å². The van der Waals surface area contributed by atoms with E-state index in [1.807, 2.05) is 12.1 Å². The molecular formula is C27H22ClFN6O3. The Balaban J connectivity index is 1.25. The van der Waals surface area contributed by atoms with E-state index in [1.54, 1.807) is 36.4 Å². The smallest absolute Gasteiger partial charge is 0.277 e. The van der Waals surface area contributed by atoms with Crippen molar-refractivity contribution in [1.82, 2.24) is 19.7 Å². The molecule has 4 aromatic rings. The molecule has 0 bridgehead atoms.